The van der Waals surface area contributed by atoms with E-state index in [0.29, 0.717) is 23.7 Å². The summed E-state index contributed by atoms with van der Waals surface area (Å²) in [5.41, 5.74) is 2.78. The molecule has 0 heterocycles. The second-order valence-electron chi connectivity index (χ2n) is 10.1. The van der Waals surface area contributed by atoms with Crippen LogP contribution in [0.2, 0.25) is 0 Å². The normalized spacial score (nSPS) is 14.3. The summed E-state index contributed by atoms with van der Waals surface area (Å²) < 4.78 is 10.6. The summed E-state index contributed by atoms with van der Waals surface area (Å²) in [5, 5.41) is 0. The van der Waals surface area contributed by atoms with Crippen molar-refractivity contribution in [3.8, 4) is 11.5 Å². The lowest BCUT2D eigenvalue weighted by atomic mass is 9.85. The van der Waals surface area contributed by atoms with Gasteiger partial charge in [-0.2, -0.15) is 0 Å². The molecule has 0 N–H and O–H groups in total. The highest BCUT2D eigenvalue weighted by atomic mass is 35.5. The van der Waals surface area contributed by atoms with Crippen molar-refractivity contribution in [2.45, 2.75) is 52.4 Å². The van der Waals surface area contributed by atoms with Crippen LogP contribution in [0.5, 0.6) is 11.5 Å². The molecule has 2 rings (SSSR count). The summed E-state index contributed by atoms with van der Waals surface area (Å²) in [6.07, 6.45) is 2.34. The summed E-state index contributed by atoms with van der Waals surface area (Å²) in [4.78, 5) is 4.51. The molecule has 4 nitrogen and oxygen atoms in total. The Kier molecular flexibility index (Phi) is 16.8. The summed E-state index contributed by atoms with van der Waals surface area (Å²) in [6, 6.07) is 16.9. The maximum Gasteiger partial charge on any atom is 0.119 e. The third kappa shape index (κ3) is 11.7. The molecule has 0 aromatic heterocycles. The molecule has 35 heavy (non-hydrogen) atoms. The maximum absolute atomic E-state index is 5.30. The third-order valence-corrected chi connectivity index (χ3v) is 6.60. The lowest BCUT2D eigenvalue weighted by Gasteiger charge is -2.26. The van der Waals surface area contributed by atoms with E-state index in [9.17, 15) is 0 Å². The minimum Gasteiger partial charge on any atom is -0.497 e. The van der Waals surface area contributed by atoms with Crippen LogP contribution in [0, 0.1) is 11.8 Å². The number of rotatable bonds is 12. The average molecular weight is 507 g/mol. The maximum atomic E-state index is 5.30. The van der Waals surface area contributed by atoms with Crippen molar-refractivity contribution < 1.29 is 9.47 Å². The van der Waals surface area contributed by atoms with E-state index in [1.54, 1.807) is 14.2 Å². The molecule has 0 fully saturated rings. The monoisotopic (exact) mass is 506 g/mol. The Hall–Kier alpha value is -1.75. The van der Waals surface area contributed by atoms with Crippen LogP contribution >= 0.6 is 12.4 Å². The Bertz CT molecular complexity index is 745. The molecule has 0 aliphatic carbocycles. The van der Waals surface area contributed by atoms with Gasteiger partial charge in [-0.1, -0.05) is 52.0 Å². The van der Waals surface area contributed by atoms with Crippen LogP contribution in [-0.4, -0.2) is 65.3 Å². The number of benzene rings is 2. The van der Waals surface area contributed by atoms with Crippen LogP contribution in [0.1, 0.15) is 63.5 Å². The topological polar surface area (TPSA) is 24.9 Å². The van der Waals surface area contributed by atoms with Gasteiger partial charge in [0.25, 0.3) is 0 Å². The molecule has 0 bridgehead atoms. The first kappa shape index (κ1) is 33.2. The average Bonchev–Trinajstić information content (AvgIpc) is 2.80. The number of hydrogen-bond acceptors (Lipinski definition) is 4. The van der Waals surface area contributed by atoms with E-state index in [-0.39, 0.29) is 12.4 Å². The second kappa shape index (κ2) is 17.6. The Morgan fingerprint density at radius 1 is 0.657 bits per heavy atom. The first-order valence-electron chi connectivity index (χ1n) is 12.7. The minimum atomic E-state index is 0. The fourth-order valence-corrected chi connectivity index (χ4v) is 5.08. The van der Waals surface area contributed by atoms with E-state index < -0.39 is 0 Å². The largest absolute Gasteiger partial charge is 0.497 e. The fourth-order valence-electron chi connectivity index (χ4n) is 5.08. The van der Waals surface area contributed by atoms with Crippen molar-refractivity contribution in [3.63, 3.8) is 0 Å². The molecule has 4 atom stereocenters. The smallest absolute Gasteiger partial charge is 0.119 e. The quantitative estimate of drug-likeness (QED) is 0.304. The van der Waals surface area contributed by atoms with Crippen molar-refractivity contribution in [2.75, 3.05) is 55.5 Å². The van der Waals surface area contributed by atoms with Gasteiger partial charge in [0.05, 0.1) is 14.2 Å². The van der Waals surface area contributed by atoms with E-state index >= 15 is 0 Å². The molecule has 2 aromatic carbocycles. The van der Waals surface area contributed by atoms with Crippen LogP contribution < -0.4 is 9.47 Å². The number of halogens is 1. The highest BCUT2D eigenvalue weighted by Crippen LogP contribution is 2.31. The van der Waals surface area contributed by atoms with E-state index in [4.69, 9.17) is 9.47 Å². The van der Waals surface area contributed by atoms with Crippen molar-refractivity contribution in [3.05, 3.63) is 59.7 Å². The molecule has 0 saturated carbocycles. The number of methoxy groups -OCH3 is 2. The predicted molar refractivity (Wildman–Crippen MR) is 155 cm³/mol. The van der Waals surface area contributed by atoms with Gasteiger partial charge in [-0.3, -0.25) is 0 Å². The third-order valence-electron chi connectivity index (χ3n) is 6.60. The Balaban J connectivity index is 0.000000642. The number of nitrogens with zero attached hydrogens (tertiary/aromatic N) is 2. The number of hydrogen-bond donors (Lipinski definition) is 0. The lowest BCUT2D eigenvalue weighted by molar-refractivity contribution is 0.301. The molecular formula is C30H51ClN2O2. The molecule has 0 amide bonds. The van der Waals surface area contributed by atoms with Gasteiger partial charge >= 0.3 is 0 Å². The van der Waals surface area contributed by atoms with Gasteiger partial charge in [-0.25, -0.2) is 0 Å². The zero-order chi connectivity index (χ0) is 25.7. The Morgan fingerprint density at radius 3 is 1.26 bits per heavy atom. The first-order valence-corrected chi connectivity index (χ1v) is 12.7. The molecule has 200 valence electrons. The highest BCUT2D eigenvalue weighted by Gasteiger charge is 2.19. The van der Waals surface area contributed by atoms with Gasteiger partial charge in [0.15, 0.2) is 0 Å². The molecule has 0 radical (unpaired) electrons. The minimum absolute atomic E-state index is 0. The molecule has 5 heteroatoms. The molecular weight excluding hydrogens is 456 g/mol. The molecule has 0 spiro atoms. The van der Waals surface area contributed by atoms with Gasteiger partial charge in [0.2, 0.25) is 0 Å². The van der Waals surface area contributed by atoms with E-state index in [1.165, 1.54) is 24.0 Å². The molecule has 0 unspecified atom stereocenters. The molecule has 2 aromatic rings. The van der Waals surface area contributed by atoms with Crippen LogP contribution in [0.15, 0.2) is 48.5 Å². The van der Waals surface area contributed by atoms with Gasteiger partial charge < -0.3 is 19.3 Å². The van der Waals surface area contributed by atoms with E-state index in [2.05, 4.69) is 102 Å². The predicted octanol–water partition coefficient (Wildman–Crippen LogP) is 7.19. The summed E-state index contributed by atoms with van der Waals surface area (Å²) in [6.45, 7) is 11.4. The zero-order valence-corrected chi connectivity index (χ0v) is 24.7. The summed E-state index contributed by atoms with van der Waals surface area (Å²) in [7, 11) is 12.0. The van der Waals surface area contributed by atoms with Crippen molar-refractivity contribution >= 4 is 12.4 Å². The fraction of sp³-hybridized carbons (Fsp3) is 0.600. The summed E-state index contributed by atoms with van der Waals surface area (Å²) >= 11 is 0. The lowest BCUT2D eigenvalue weighted by Crippen LogP contribution is -2.24. The van der Waals surface area contributed by atoms with E-state index in [0.717, 1.165) is 24.6 Å². The van der Waals surface area contributed by atoms with E-state index in [1.807, 2.05) is 12.1 Å². The number of ether oxygens (including phenoxy) is 2. The van der Waals surface area contributed by atoms with Gasteiger partial charge in [-0.15, -0.1) is 12.4 Å². The van der Waals surface area contributed by atoms with Gasteiger partial charge in [0.1, 0.15) is 11.5 Å². The Labute approximate surface area is 222 Å². The SMILES string of the molecule is CC[C@@H](c1cccc(OC)c1)[C@@H](C)CN(C)C.CC[C@@H](c1cccc(OC)c1)[C@@H](C)CN(C)C.Cl. The van der Waals surface area contributed by atoms with Crippen LogP contribution in [0.3, 0.4) is 0 Å². The van der Waals surface area contributed by atoms with Crippen molar-refractivity contribution in [1.29, 1.82) is 0 Å². The standard InChI is InChI=1S/2C15H25NO.ClH/c2*1-6-15(12(2)11-16(3)4)13-8-7-9-14(10-13)17-5;/h2*7-10,12,15H,6,11H2,1-5H3;1H/t2*12-,15+;/m00./s1. The molecule has 0 saturated heterocycles. The first-order chi connectivity index (χ1) is 16.2. The molecule has 0 aliphatic heterocycles. The molecule has 0 aliphatic rings. The zero-order valence-electron chi connectivity index (χ0n) is 23.9. The van der Waals surface area contributed by atoms with Gasteiger partial charge in [0, 0.05) is 13.1 Å². The van der Waals surface area contributed by atoms with Crippen LogP contribution in [-0.2, 0) is 0 Å². The second-order valence-corrected chi connectivity index (χ2v) is 10.1. The van der Waals surface area contributed by atoms with Gasteiger partial charge in [-0.05, 0) is 100 Å². The van der Waals surface area contributed by atoms with Crippen molar-refractivity contribution in [2.24, 2.45) is 11.8 Å². The van der Waals surface area contributed by atoms with Crippen molar-refractivity contribution in [1.82, 2.24) is 9.80 Å². The summed E-state index contributed by atoms with van der Waals surface area (Å²) in [5.74, 6) is 4.43. The Morgan fingerprint density at radius 2 is 1.00 bits per heavy atom. The van der Waals surface area contributed by atoms with Crippen LogP contribution in [0.25, 0.3) is 0 Å². The highest BCUT2D eigenvalue weighted by molar-refractivity contribution is 5.85. The van der Waals surface area contributed by atoms with Crippen LogP contribution in [0.4, 0.5) is 0 Å².